The molecule has 0 saturated heterocycles. The molecule has 0 spiro atoms. The second kappa shape index (κ2) is 5.98. The van der Waals surface area contributed by atoms with Crippen molar-refractivity contribution in [2.24, 2.45) is 0 Å². The van der Waals surface area contributed by atoms with Gasteiger partial charge in [-0.3, -0.25) is 0 Å². The minimum atomic E-state index is 0.858. The summed E-state index contributed by atoms with van der Waals surface area (Å²) in [4.78, 5) is 5.56. The van der Waals surface area contributed by atoms with Gasteiger partial charge in [0.25, 0.3) is 0 Å². The number of aryl methyl sites for hydroxylation is 1. The van der Waals surface area contributed by atoms with Crippen LogP contribution in [-0.2, 0) is 13.1 Å². The molecule has 1 N–H and O–H groups in total. The van der Waals surface area contributed by atoms with Gasteiger partial charge in [-0.1, -0.05) is 12.1 Å². The van der Waals surface area contributed by atoms with Gasteiger partial charge in [-0.05, 0) is 30.7 Å². The van der Waals surface area contributed by atoms with E-state index in [9.17, 15) is 0 Å². The fourth-order valence-electron chi connectivity index (χ4n) is 2.00. The van der Waals surface area contributed by atoms with Crippen molar-refractivity contribution >= 4 is 11.3 Å². The lowest BCUT2D eigenvalue weighted by Gasteiger charge is -2.06. The molecule has 0 bridgehead atoms. The molecule has 0 saturated carbocycles. The van der Waals surface area contributed by atoms with E-state index in [1.54, 1.807) is 17.5 Å². The Bertz CT molecular complexity index is 656. The molecular weight excluding hydrogens is 268 g/mol. The van der Waals surface area contributed by atoms with Gasteiger partial charge in [-0.15, -0.1) is 11.3 Å². The van der Waals surface area contributed by atoms with Crippen LogP contribution in [0.25, 0.3) is 5.69 Å². The number of thiazole rings is 1. The van der Waals surface area contributed by atoms with Gasteiger partial charge >= 0.3 is 0 Å². The van der Waals surface area contributed by atoms with E-state index < -0.39 is 0 Å². The fourth-order valence-corrected chi connectivity index (χ4v) is 2.75. The van der Waals surface area contributed by atoms with Crippen LogP contribution >= 0.6 is 11.3 Å². The first-order chi connectivity index (χ1) is 9.83. The van der Waals surface area contributed by atoms with E-state index in [0.29, 0.717) is 0 Å². The zero-order chi connectivity index (χ0) is 13.8. The fraction of sp³-hybridized carbons (Fsp3) is 0.200. The molecule has 0 aliphatic heterocycles. The Labute approximate surface area is 122 Å². The SMILES string of the molecule is Cc1ncsc1CNCc1ccc(-n2cccn2)cc1. The van der Waals surface area contributed by atoms with E-state index in [0.717, 1.165) is 24.5 Å². The number of rotatable bonds is 5. The highest BCUT2D eigenvalue weighted by Crippen LogP contribution is 2.12. The van der Waals surface area contributed by atoms with Crippen molar-refractivity contribution in [2.75, 3.05) is 0 Å². The molecule has 0 radical (unpaired) electrons. The third-order valence-corrected chi connectivity index (χ3v) is 4.10. The molecule has 1 aromatic carbocycles. The van der Waals surface area contributed by atoms with Crippen LogP contribution in [0.3, 0.4) is 0 Å². The van der Waals surface area contributed by atoms with Crippen molar-refractivity contribution in [1.82, 2.24) is 20.1 Å². The van der Waals surface area contributed by atoms with Crippen LogP contribution in [0.1, 0.15) is 16.1 Å². The minimum absolute atomic E-state index is 0.858. The number of nitrogens with one attached hydrogen (secondary N) is 1. The zero-order valence-corrected chi connectivity index (χ0v) is 12.1. The largest absolute Gasteiger partial charge is 0.308 e. The molecule has 0 amide bonds. The van der Waals surface area contributed by atoms with Gasteiger partial charge in [0.15, 0.2) is 0 Å². The number of hydrogen-bond donors (Lipinski definition) is 1. The molecule has 0 atom stereocenters. The lowest BCUT2D eigenvalue weighted by atomic mass is 10.2. The Morgan fingerprint density at radius 2 is 2.05 bits per heavy atom. The highest BCUT2D eigenvalue weighted by molar-refractivity contribution is 7.09. The Morgan fingerprint density at radius 3 is 2.70 bits per heavy atom. The lowest BCUT2D eigenvalue weighted by Crippen LogP contribution is -2.12. The number of aromatic nitrogens is 3. The smallest absolute Gasteiger partial charge is 0.0798 e. The van der Waals surface area contributed by atoms with Crippen molar-refractivity contribution in [2.45, 2.75) is 20.0 Å². The van der Waals surface area contributed by atoms with Crippen LogP contribution in [0.4, 0.5) is 0 Å². The van der Waals surface area contributed by atoms with Crippen molar-refractivity contribution < 1.29 is 0 Å². The molecule has 0 aliphatic carbocycles. The summed E-state index contributed by atoms with van der Waals surface area (Å²) in [5.41, 5.74) is 5.36. The van der Waals surface area contributed by atoms with Crippen LogP contribution in [-0.4, -0.2) is 14.8 Å². The van der Waals surface area contributed by atoms with Crippen molar-refractivity contribution in [3.63, 3.8) is 0 Å². The molecule has 2 heterocycles. The first-order valence-corrected chi connectivity index (χ1v) is 7.39. The third kappa shape index (κ3) is 2.95. The lowest BCUT2D eigenvalue weighted by molar-refractivity contribution is 0.697. The van der Waals surface area contributed by atoms with Gasteiger partial charge in [-0.2, -0.15) is 5.10 Å². The van der Waals surface area contributed by atoms with Crippen molar-refractivity contribution in [1.29, 1.82) is 0 Å². The predicted octanol–water partition coefficient (Wildman–Crippen LogP) is 2.93. The monoisotopic (exact) mass is 284 g/mol. The van der Waals surface area contributed by atoms with Crippen LogP contribution in [0.2, 0.25) is 0 Å². The van der Waals surface area contributed by atoms with E-state index >= 15 is 0 Å². The molecular formula is C15H16N4S. The second-order valence-electron chi connectivity index (χ2n) is 4.58. The molecule has 2 aromatic heterocycles. The van der Waals surface area contributed by atoms with Gasteiger partial charge in [0.05, 0.1) is 16.9 Å². The maximum atomic E-state index is 4.25. The number of benzene rings is 1. The molecule has 0 aliphatic rings. The third-order valence-electron chi connectivity index (χ3n) is 3.16. The van der Waals surface area contributed by atoms with Gasteiger partial charge in [-0.25, -0.2) is 9.67 Å². The van der Waals surface area contributed by atoms with Gasteiger partial charge in [0, 0.05) is 30.4 Å². The highest BCUT2D eigenvalue weighted by Gasteiger charge is 2.01. The average Bonchev–Trinajstić information content (AvgIpc) is 3.12. The summed E-state index contributed by atoms with van der Waals surface area (Å²) in [5.74, 6) is 0. The standard InChI is InChI=1S/C15H16N4S/c1-12-15(20-11-17-12)10-16-9-13-3-5-14(6-4-13)19-8-2-7-18-19/h2-8,11,16H,9-10H2,1H3. The first kappa shape index (κ1) is 13.0. The molecule has 0 fully saturated rings. The van der Waals surface area contributed by atoms with E-state index in [-0.39, 0.29) is 0 Å². The Hall–Kier alpha value is -1.98. The first-order valence-electron chi connectivity index (χ1n) is 6.51. The molecule has 3 aromatic rings. The topological polar surface area (TPSA) is 42.7 Å². The maximum Gasteiger partial charge on any atom is 0.0798 e. The van der Waals surface area contributed by atoms with Crippen LogP contribution in [0.15, 0.2) is 48.2 Å². The summed E-state index contributed by atoms with van der Waals surface area (Å²) >= 11 is 1.70. The van der Waals surface area contributed by atoms with Crippen molar-refractivity contribution in [3.8, 4) is 5.69 Å². The predicted molar refractivity (Wildman–Crippen MR) is 81.0 cm³/mol. The normalized spacial score (nSPS) is 10.8. The molecule has 3 rings (SSSR count). The van der Waals surface area contributed by atoms with Gasteiger partial charge < -0.3 is 5.32 Å². The Morgan fingerprint density at radius 1 is 1.20 bits per heavy atom. The molecule has 4 nitrogen and oxygen atoms in total. The Kier molecular flexibility index (Phi) is 3.90. The quantitative estimate of drug-likeness (QED) is 0.783. The summed E-state index contributed by atoms with van der Waals surface area (Å²) in [7, 11) is 0. The van der Waals surface area contributed by atoms with Crippen LogP contribution in [0, 0.1) is 6.92 Å². The second-order valence-corrected chi connectivity index (χ2v) is 5.52. The van der Waals surface area contributed by atoms with E-state index in [1.165, 1.54) is 10.4 Å². The summed E-state index contributed by atoms with van der Waals surface area (Å²) in [6.07, 6.45) is 3.73. The van der Waals surface area contributed by atoms with Crippen molar-refractivity contribution in [3.05, 3.63) is 64.4 Å². The molecule has 0 unspecified atom stereocenters. The summed E-state index contributed by atoms with van der Waals surface area (Å²) in [5, 5.41) is 7.66. The van der Waals surface area contributed by atoms with E-state index in [1.807, 2.05) is 29.4 Å². The van der Waals surface area contributed by atoms with Crippen LogP contribution in [0.5, 0.6) is 0 Å². The summed E-state index contributed by atoms with van der Waals surface area (Å²) < 4.78 is 1.86. The maximum absolute atomic E-state index is 4.25. The number of hydrogen-bond acceptors (Lipinski definition) is 4. The minimum Gasteiger partial charge on any atom is -0.308 e. The van der Waals surface area contributed by atoms with Gasteiger partial charge in [0.1, 0.15) is 0 Å². The molecule has 5 heteroatoms. The van der Waals surface area contributed by atoms with Gasteiger partial charge in [0.2, 0.25) is 0 Å². The highest BCUT2D eigenvalue weighted by atomic mass is 32.1. The Balaban J connectivity index is 1.57. The molecule has 20 heavy (non-hydrogen) atoms. The van der Waals surface area contributed by atoms with Crippen LogP contribution < -0.4 is 5.32 Å². The number of nitrogens with zero attached hydrogens (tertiary/aromatic N) is 3. The summed E-state index contributed by atoms with van der Waals surface area (Å²) in [6.45, 7) is 3.78. The van der Waals surface area contributed by atoms with E-state index in [4.69, 9.17) is 0 Å². The average molecular weight is 284 g/mol. The van der Waals surface area contributed by atoms with E-state index in [2.05, 4.69) is 39.7 Å². The molecule has 102 valence electrons. The zero-order valence-electron chi connectivity index (χ0n) is 11.3. The summed E-state index contributed by atoms with van der Waals surface area (Å²) in [6, 6.07) is 10.4.